The average Bonchev–Trinajstić information content (AvgIpc) is 3.23. The molecular weight excluding hydrogens is 553 g/mol. The van der Waals surface area contributed by atoms with E-state index in [1.807, 2.05) is 52.9 Å². The Morgan fingerprint density at radius 2 is 1.69 bits per heavy atom. The quantitative estimate of drug-likeness (QED) is 0.346. The number of para-hydroxylation sites is 1. The monoisotopic (exact) mass is 581 g/mol. The van der Waals surface area contributed by atoms with Crippen molar-refractivity contribution in [2.24, 2.45) is 16.8 Å². The third-order valence-electron chi connectivity index (χ3n) is 7.51. The summed E-state index contributed by atoms with van der Waals surface area (Å²) in [7, 11) is -3.71. The number of hydrogen-bond donors (Lipinski definition) is 0. The summed E-state index contributed by atoms with van der Waals surface area (Å²) in [6.07, 6.45) is 6.13. The van der Waals surface area contributed by atoms with Crippen molar-refractivity contribution in [1.82, 2.24) is 19.0 Å². The van der Waals surface area contributed by atoms with Crippen molar-refractivity contribution in [1.29, 1.82) is 0 Å². The van der Waals surface area contributed by atoms with E-state index in [-0.39, 0.29) is 4.91 Å². The molecule has 0 spiro atoms. The predicted octanol–water partition coefficient (Wildman–Crippen LogP) is 6.64. The fourth-order valence-corrected chi connectivity index (χ4v) is 8.07. The molecule has 1 saturated heterocycles. The first-order valence-electron chi connectivity index (χ1n) is 13.0. The van der Waals surface area contributed by atoms with Crippen molar-refractivity contribution in [3.8, 4) is 5.69 Å². The number of fused-ring (bicyclic) bond motifs is 2. The molecule has 3 unspecified atom stereocenters. The van der Waals surface area contributed by atoms with E-state index in [1.165, 1.54) is 0 Å². The van der Waals surface area contributed by atoms with Crippen molar-refractivity contribution in [3.05, 3.63) is 98.7 Å². The lowest BCUT2D eigenvalue weighted by Crippen LogP contribution is -2.44. The largest absolute Gasteiger partial charge is 0.320 e. The Morgan fingerprint density at radius 1 is 0.974 bits per heavy atom. The first-order chi connectivity index (χ1) is 18.6. The molecule has 7 nitrogen and oxygen atoms in total. The SMILES string of the molecule is Cc1nn(-c2ccccc2)c2c1C(c1ccc(Cl)cc1Cl)N1C=C(S(=O)(=O)N3CC(C)CC(C)C3)C=CC1=N2. The number of sulfonamides is 1. The molecule has 3 atom stereocenters. The smallest absolute Gasteiger partial charge is 0.244 e. The number of aryl methyl sites for hydroxylation is 1. The van der Waals surface area contributed by atoms with E-state index >= 15 is 0 Å². The highest BCUT2D eigenvalue weighted by molar-refractivity contribution is 7.93. The number of allylic oxidation sites excluding steroid dienone is 1. The molecule has 1 aromatic heterocycles. The minimum absolute atomic E-state index is 0.231. The first kappa shape index (κ1) is 26.3. The molecule has 4 heterocycles. The molecule has 2 aromatic carbocycles. The summed E-state index contributed by atoms with van der Waals surface area (Å²) in [4.78, 5) is 7.10. The third-order valence-corrected chi connectivity index (χ3v) is 9.89. The molecule has 0 amide bonds. The van der Waals surface area contributed by atoms with Crippen LogP contribution < -0.4 is 0 Å². The van der Waals surface area contributed by atoms with Crippen molar-refractivity contribution in [2.45, 2.75) is 33.2 Å². The summed E-state index contributed by atoms with van der Waals surface area (Å²) in [5, 5.41) is 5.85. The molecular formula is C29H29Cl2N5O2S. The molecule has 3 aromatic rings. The summed E-state index contributed by atoms with van der Waals surface area (Å²) in [6.45, 7) is 7.17. The van der Waals surface area contributed by atoms with Crippen LogP contribution in [0.2, 0.25) is 10.0 Å². The molecule has 3 aliphatic rings. The second-order valence-corrected chi connectivity index (χ2v) is 13.4. The number of nitrogens with zero attached hydrogens (tertiary/aromatic N) is 5. The lowest BCUT2D eigenvalue weighted by Gasteiger charge is -2.38. The van der Waals surface area contributed by atoms with E-state index in [4.69, 9.17) is 33.3 Å². The fourth-order valence-electron chi connectivity index (χ4n) is 5.87. The van der Waals surface area contributed by atoms with Crippen LogP contribution in [0, 0.1) is 18.8 Å². The van der Waals surface area contributed by atoms with Crippen LogP contribution in [-0.4, -0.2) is 46.3 Å². The van der Waals surface area contributed by atoms with Gasteiger partial charge in [0.25, 0.3) is 0 Å². The van der Waals surface area contributed by atoms with Gasteiger partial charge in [0.15, 0.2) is 5.82 Å². The molecule has 10 heteroatoms. The standard InChI is InChI=1S/C29H29Cl2N5O2S/c1-18-13-19(2)16-34(15-18)39(37,38)23-10-12-26-32-29-27(20(3)33-36(29)22-7-5-4-6-8-22)28(35(26)17-23)24-11-9-21(30)14-25(24)31/h4-12,14,17-19,28H,13,15-16H2,1-3H3. The zero-order chi connectivity index (χ0) is 27.5. The van der Waals surface area contributed by atoms with Gasteiger partial charge in [0.05, 0.1) is 22.3 Å². The van der Waals surface area contributed by atoms with Gasteiger partial charge in [-0.15, -0.1) is 0 Å². The van der Waals surface area contributed by atoms with Crippen LogP contribution in [0.5, 0.6) is 0 Å². The minimum atomic E-state index is -3.71. The highest BCUT2D eigenvalue weighted by Crippen LogP contribution is 2.46. The highest BCUT2D eigenvalue weighted by atomic mass is 35.5. The summed E-state index contributed by atoms with van der Waals surface area (Å²) in [6, 6.07) is 14.8. The van der Waals surface area contributed by atoms with Crippen LogP contribution in [0.3, 0.4) is 0 Å². The second kappa shape index (κ2) is 9.93. The van der Waals surface area contributed by atoms with Crippen molar-refractivity contribution >= 4 is 44.9 Å². The Hall–Kier alpha value is -2.91. The number of halogens is 2. The molecule has 39 heavy (non-hydrogen) atoms. The predicted molar refractivity (Wildman–Crippen MR) is 156 cm³/mol. The lowest BCUT2D eigenvalue weighted by atomic mass is 9.94. The maximum absolute atomic E-state index is 13.8. The summed E-state index contributed by atoms with van der Waals surface area (Å²) < 4.78 is 31.1. The van der Waals surface area contributed by atoms with Gasteiger partial charge in [0.1, 0.15) is 5.84 Å². The number of benzene rings is 2. The molecule has 3 aliphatic heterocycles. The number of piperidine rings is 1. The van der Waals surface area contributed by atoms with E-state index in [0.717, 1.165) is 28.9 Å². The topological polar surface area (TPSA) is 70.8 Å². The second-order valence-electron chi connectivity index (χ2n) is 10.6. The van der Waals surface area contributed by atoms with E-state index in [9.17, 15) is 8.42 Å². The van der Waals surface area contributed by atoms with Gasteiger partial charge in [-0.05, 0) is 67.2 Å². The van der Waals surface area contributed by atoms with Crippen LogP contribution in [0.15, 0.2) is 76.8 Å². The summed E-state index contributed by atoms with van der Waals surface area (Å²) in [5.74, 6) is 1.90. The minimum Gasteiger partial charge on any atom is -0.320 e. The molecule has 6 rings (SSSR count). The van der Waals surface area contributed by atoms with Gasteiger partial charge in [0, 0.05) is 34.9 Å². The molecule has 0 radical (unpaired) electrons. The zero-order valence-electron chi connectivity index (χ0n) is 21.9. The van der Waals surface area contributed by atoms with Crippen LogP contribution in [0.25, 0.3) is 5.69 Å². The Labute approximate surface area is 239 Å². The fraction of sp³-hybridized carbons (Fsp3) is 0.310. The van der Waals surface area contributed by atoms with Crippen LogP contribution >= 0.6 is 23.2 Å². The number of aliphatic imine (C=N–C) groups is 1. The maximum Gasteiger partial charge on any atom is 0.244 e. The van der Waals surface area contributed by atoms with Gasteiger partial charge in [0.2, 0.25) is 10.0 Å². The molecule has 0 aliphatic carbocycles. The van der Waals surface area contributed by atoms with Crippen molar-refractivity contribution in [3.63, 3.8) is 0 Å². The van der Waals surface area contributed by atoms with Gasteiger partial charge >= 0.3 is 0 Å². The van der Waals surface area contributed by atoms with Gasteiger partial charge in [-0.3, -0.25) is 0 Å². The number of rotatable bonds is 4. The van der Waals surface area contributed by atoms with Gasteiger partial charge in [-0.2, -0.15) is 9.40 Å². The normalized spacial score (nSPS) is 23.2. The summed E-state index contributed by atoms with van der Waals surface area (Å²) in [5.41, 5.74) is 3.30. The Kier molecular flexibility index (Phi) is 6.70. The third kappa shape index (κ3) is 4.63. The van der Waals surface area contributed by atoms with E-state index < -0.39 is 16.1 Å². The van der Waals surface area contributed by atoms with Crippen LogP contribution in [-0.2, 0) is 10.0 Å². The van der Waals surface area contributed by atoms with E-state index in [1.54, 1.807) is 34.8 Å². The van der Waals surface area contributed by atoms with Crippen LogP contribution in [0.4, 0.5) is 5.82 Å². The first-order valence-corrected chi connectivity index (χ1v) is 15.2. The molecule has 0 saturated carbocycles. The van der Waals surface area contributed by atoms with Crippen LogP contribution in [0.1, 0.15) is 43.1 Å². The average molecular weight is 583 g/mol. The zero-order valence-corrected chi connectivity index (χ0v) is 24.2. The van der Waals surface area contributed by atoms with Crippen molar-refractivity contribution < 1.29 is 8.42 Å². The summed E-state index contributed by atoms with van der Waals surface area (Å²) >= 11 is 13.0. The Bertz CT molecular complexity index is 1640. The Morgan fingerprint density at radius 3 is 2.38 bits per heavy atom. The van der Waals surface area contributed by atoms with Gasteiger partial charge in [-0.1, -0.05) is 61.3 Å². The number of aromatic nitrogens is 2. The molecule has 0 bridgehead atoms. The van der Waals surface area contributed by atoms with E-state index in [2.05, 4.69) is 13.8 Å². The molecule has 1 fully saturated rings. The maximum atomic E-state index is 13.8. The number of amidine groups is 1. The molecule has 202 valence electrons. The Balaban J connectivity index is 1.51. The number of hydrogen-bond acceptors (Lipinski definition) is 5. The van der Waals surface area contributed by atoms with Crippen molar-refractivity contribution in [2.75, 3.05) is 13.1 Å². The van der Waals surface area contributed by atoms with Gasteiger partial charge < -0.3 is 4.90 Å². The lowest BCUT2D eigenvalue weighted by molar-refractivity contribution is 0.224. The highest BCUT2D eigenvalue weighted by Gasteiger charge is 2.39. The van der Waals surface area contributed by atoms with E-state index in [0.29, 0.717) is 46.6 Å². The molecule has 0 N–H and O–H groups in total. The van der Waals surface area contributed by atoms with Gasteiger partial charge in [-0.25, -0.2) is 18.1 Å².